The highest BCUT2D eigenvalue weighted by molar-refractivity contribution is 5.84. The van der Waals surface area contributed by atoms with Crippen molar-refractivity contribution in [2.75, 3.05) is 39.3 Å². The Kier molecular flexibility index (Phi) is 5.13. The third-order valence-electron chi connectivity index (χ3n) is 4.59. The molecule has 0 bridgehead atoms. The second kappa shape index (κ2) is 7.27. The molecule has 1 aliphatic rings. The van der Waals surface area contributed by atoms with Crippen LogP contribution in [0.25, 0.3) is 10.9 Å². The predicted molar refractivity (Wildman–Crippen MR) is 91.4 cm³/mol. The number of aryl methyl sites for hydroxylation is 2. The summed E-state index contributed by atoms with van der Waals surface area (Å²) in [5, 5.41) is 14.0. The molecular weight excluding hydrogens is 274 g/mol. The van der Waals surface area contributed by atoms with Gasteiger partial charge in [0.1, 0.15) is 0 Å². The molecule has 0 amide bonds. The smallest absolute Gasteiger partial charge is 0.0610 e. The number of rotatable bonds is 6. The van der Waals surface area contributed by atoms with E-state index < -0.39 is 0 Å². The molecule has 0 spiro atoms. The van der Waals surface area contributed by atoms with Gasteiger partial charge in [0.15, 0.2) is 0 Å². The molecule has 0 radical (unpaired) electrons. The summed E-state index contributed by atoms with van der Waals surface area (Å²) in [6.07, 6.45) is 4.55. The zero-order valence-corrected chi connectivity index (χ0v) is 13.5. The van der Waals surface area contributed by atoms with Crippen LogP contribution < -0.4 is 5.32 Å². The molecule has 4 heteroatoms. The number of hydrogen-bond acceptors (Lipinski definition) is 3. The van der Waals surface area contributed by atoms with E-state index >= 15 is 0 Å². The molecular formula is C18H27N3O. The van der Waals surface area contributed by atoms with Crippen molar-refractivity contribution in [3.05, 3.63) is 35.5 Å². The third kappa shape index (κ3) is 3.51. The van der Waals surface area contributed by atoms with Crippen molar-refractivity contribution >= 4 is 10.9 Å². The fraction of sp³-hybridized carbons (Fsp3) is 0.556. The van der Waals surface area contributed by atoms with E-state index in [9.17, 15) is 5.11 Å². The Labute approximate surface area is 132 Å². The summed E-state index contributed by atoms with van der Waals surface area (Å²) in [7, 11) is 0. The minimum atomic E-state index is 0.192. The highest BCUT2D eigenvalue weighted by Crippen LogP contribution is 2.24. The fourth-order valence-corrected chi connectivity index (χ4v) is 3.40. The van der Waals surface area contributed by atoms with Gasteiger partial charge in [0.2, 0.25) is 0 Å². The molecule has 1 aliphatic heterocycles. The van der Waals surface area contributed by atoms with Gasteiger partial charge in [-0.2, -0.15) is 0 Å². The van der Waals surface area contributed by atoms with E-state index in [1.54, 1.807) is 0 Å². The molecule has 4 nitrogen and oxygen atoms in total. The SMILES string of the molecule is Cc1ccc2c(CCCN3CCNCC3)cn(CCO)c2c1. The quantitative estimate of drug-likeness (QED) is 0.854. The number of piperazine rings is 1. The van der Waals surface area contributed by atoms with Crippen LogP contribution in [0.2, 0.25) is 0 Å². The van der Waals surface area contributed by atoms with Crippen molar-refractivity contribution in [2.24, 2.45) is 0 Å². The van der Waals surface area contributed by atoms with Crippen molar-refractivity contribution in [2.45, 2.75) is 26.3 Å². The molecule has 0 aliphatic carbocycles. The Morgan fingerprint density at radius 3 is 2.77 bits per heavy atom. The molecule has 1 aromatic heterocycles. The summed E-state index contributed by atoms with van der Waals surface area (Å²) in [6.45, 7) is 8.76. The van der Waals surface area contributed by atoms with Crippen molar-refractivity contribution in [1.29, 1.82) is 0 Å². The van der Waals surface area contributed by atoms with Crippen LogP contribution in [0.15, 0.2) is 24.4 Å². The van der Waals surface area contributed by atoms with Crippen LogP contribution in [0.5, 0.6) is 0 Å². The van der Waals surface area contributed by atoms with Gasteiger partial charge < -0.3 is 19.9 Å². The van der Waals surface area contributed by atoms with Crippen LogP contribution >= 0.6 is 0 Å². The highest BCUT2D eigenvalue weighted by Gasteiger charge is 2.11. The molecule has 0 saturated carbocycles. The molecule has 0 unspecified atom stereocenters. The number of nitrogens with one attached hydrogen (secondary N) is 1. The van der Waals surface area contributed by atoms with E-state index in [2.05, 4.69) is 46.1 Å². The number of hydrogen-bond donors (Lipinski definition) is 2. The van der Waals surface area contributed by atoms with Crippen LogP contribution in [0.1, 0.15) is 17.5 Å². The average molecular weight is 301 g/mol. The van der Waals surface area contributed by atoms with Crippen LogP contribution in [-0.2, 0) is 13.0 Å². The summed E-state index contributed by atoms with van der Waals surface area (Å²) < 4.78 is 2.20. The number of nitrogens with zero attached hydrogens (tertiary/aromatic N) is 2. The molecule has 2 N–H and O–H groups in total. The van der Waals surface area contributed by atoms with Gasteiger partial charge in [-0.1, -0.05) is 12.1 Å². The molecule has 2 aromatic rings. The maximum Gasteiger partial charge on any atom is 0.0610 e. The topological polar surface area (TPSA) is 40.4 Å². The number of aromatic nitrogens is 1. The van der Waals surface area contributed by atoms with Gasteiger partial charge >= 0.3 is 0 Å². The first-order valence-electron chi connectivity index (χ1n) is 8.40. The lowest BCUT2D eigenvalue weighted by Gasteiger charge is -2.26. The van der Waals surface area contributed by atoms with E-state index in [4.69, 9.17) is 0 Å². The van der Waals surface area contributed by atoms with Crippen LogP contribution in [0.3, 0.4) is 0 Å². The van der Waals surface area contributed by atoms with Crippen molar-refractivity contribution in [3.8, 4) is 0 Å². The standard InChI is InChI=1S/C18H27N3O/c1-15-4-5-17-16(14-21(11-12-22)18(17)13-15)3-2-8-20-9-6-19-7-10-20/h4-5,13-14,19,22H,2-3,6-12H2,1H3. The second-order valence-corrected chi connectivity index (χ2v) is 6.29. The number of aliphatic hydroxyl groups is 1. The zero-order valence-electron chi connectivity index (χ0n) is 13.5. The van der Waals surface area contributed by atoms with Crippen LogP contribution in [-0.4, -0.2) is 53.9 Å². The first-order chi connectivity index (χ1) is 10.8. The second-order valence-electron chi connectivity index (χ2n) is 6.29. The van der Waals surface area contributed by atoms with E-state index in [0.29, 0.717) is 6.54 Å². The first-order valence-corrected chi connectivity index (χ1v) is 8.40. The van der Waals surface area contributed by atoms with E-state index in [1.807, 2.05) is 0 Å². The molecule has 2 heterocycles. The largest absolute Gasteiger partial charge is 0.395 e. The summed E-state index contributed by atoms with van der Waals surface area (Å²) in [5.74, 6) is 0. The first kappa shape index (κ1) is 15.5. The number of benzene rings is 1. The van der Waals surface area contributed by atoms with Gasteiger partial charge in [0, 0.05) is 49.8 Å². The van der Waals surface area contributed by atoms with Crippen LogP contribution in [0, 0.1) is 6.92 Å². The lowest BCUT2D eigenvalue weighted by atomic mass is 10.1. The van der Waals surface area contributed by atoms with Gasteiger partial charge in [0.25, 0.3) is 0 Å². The zero-order chi connectivity index (χ0) is 15.4. The van der Waals surface area contributed by atoms with E-state index in [0.717, 1.165) is 19.5 Å². The van der Waals surface area contributed by atoms with Gasteiger partial charge in [-0.15, -0.1) is 0 Å². The van der Waals surface area contributed by atoms with Crippen molar-refractivity contribution in [1.82, 2.24) is 14.8 Å². The fourth-order valence-electron chi connectivity index (χ4n) is 3.40. The molecule has 3 rings (SSSR count). The monoisotopic (exact) mass is 301 g/mol. The Morgan fingerprint density at radius 2 is 2.00 bits per heavy atom. The lowest BCUT2D eigenvalue weighted by Crippen LogP contribution is -2.43. The van der Waals surface area contributed by atoms with Gasteiger partial charge in [-0.3, -0.25) is 0 Å². The Balaban J connectivity index is 1.69. The summed E-state index contributed by atoms with van der Waals surface area (Å²) in [5.41, 5.74) is 3.95. The van der Waals surface area contributed by atoms with E-state index in [1.165, 1.54) is 48.1 Å². The summed E-state index contributed by atoms with van der Waals surface area (Å²) in [4.78, 5) is 2.55. The summed E-state index contributed by atoms with van der Waals surface area (Å²) in [6, 6.07) is 6.65. The van der Waals surface area contributed by atoms with Gasteiger partial charge in [0.05, 0.1) is 6.61 Å². The lowest BCUT2D eigenvalue weighted by molar-refractivity contribution is 0.238. The number of fused-ring (bicyclic) bond motifs is 1. The van der Waals surface area contributed by atoms with Gasteiger partial charge in [-0.25, -0.2) is 0 Å². The van der Waals surface area contributed by atoms with Crippen molar-refractivity contribution in [3.63, 3.8) is 0 Å². The summed E-state index contributed by atoms with van der Waals surface area (Å²) >= 11 is 0. The predicted octanol–water partition coefficient (Wildman–Crippen LogP) is 1.78. The maximum atomic E-state index is 9.27. The Morgan fingerprint density at radius 1 is 1.18 bits per heavy atom. The van der Waals surface area contributed by atoms with Crippen LogP contribution in [0.4, 0.5) is 0 Å². The highest BCUT2D eigenvalue weighted by atomic mass is 16.3. The minimum Gasteiger partial charge on any atom is -0.395 e. The normalized spacial score (nSPS) is 16.5. The average Bonchev–Trinajstić information content (AvgIpc) is 2.86. The molecule has 22 heavy (non-hydrogen) atoms. The molecule has 1 aromatic carbocycles. The van der Waals surface area contributed by atoms with Gasteiger partial charge in [-0.05, 0) is 43.5 Å². The molecule has 120 valence electrons. The van der Waals surface area contributed by atoms with E-state index in [-0.39, 0.29) is 6.61 Å². The Bertz CT molecular complexity index is 614. The number of aliphatic hydroxyl groups excluding tert-OH is 1. The molecule has 1 fully saturated rings. The Hall–Kier alpha value is -1.36. The molecule has 1 saturated heterocycles. The minimum absolute atomic E-state index is 0.192. The third-order valence-corrected chi connectivity index (χ3v) is 4.59. The maximum absolute atomic E-state index is 9.27. The van der Waals surface area contributed by atoms with Crippen molar-refractivity contribution < 1.29 is 5.11 Å². The molecule has 0 atom stereocenters.